The van der Waals surface area contributed by atoms with Crippen molar-refractivity contribution in [1.29, 1.82) is 0 Å². The predicted molar refractivity (Wildman–Crippen MR) is 96.3 cm³/mol. The Morgan fingerprint density at radius 1 is 1.24 bits per heavy atom. The number of rotatable bonds is 4. The summed E-state index contributed by atoms with van der Waals surface area (Å²) in [6.07, 6.45) is 1.30. The molecule has 0 saturated carbocycles. The molecule has 3 rings (SSSR count). The molecule has 2 aromatic carbocycles. The summed E-state index contributed by atoms with van der Waals surface area (Å²) in [5.74, 6) is 0. The Hall–Kier alpha value is -1.94. The summed E-state index contributed by atoms with van der Waals surface area (Å²) in [7, 11) is -4.11. The maximum atomic E-state index is 13.0. The summed E-state index contributed by atoms with van der Waals surface area (Å²) in [4.78, 5) is 10.0. The van der Waals surface area contributed by atoms with Crippen LogP contribution < -0.4 is 0 Å². The fourth-order valence-electron chi connectivity index (χ4n) is 2.47. The Morgan fingerprint density at radius 3 is 2.60 bits per heavy atom. The molecule has 0 fully saturated rings. The summed E-state index contributed by atoms with van der Waals surface area (Å²) < 4.78 is 27.6. The molecule has 0 bridgehead atoms. The topological polar surface area (TPSA) is 102 Å². The lowest BCUT2D eigenvalue weighted by atomic mass is 10.2. The highest BCUT2D eigenvalue weighted by Gasteiger charge is 2.24. The van der Waals surface area contributed by atoms with Crippen molar-refractivity contribution in [3.05, 3.63) is 67.8 Å². The first-order valence-electron chi connectivity index (χ1n) is 6.85. The number of aliphatic hydroxyl groups excluding tert-OH is 1. The highest BCUT2D eigenvalue weighted by Crippen LogP contribution is 2.31. The molecule has 3 aromatic rings. The van der Waals surface area contributed by atoms with Gasteiger partial charge in [0.1, 0.15) is 5.02 Å². The third kappa shape index (κ3) is 3.04. The summed E-state index contributed by atoms with van der Waals surface area (Å²) in [6, 6.07) is 8.23. The van der Waals surface area contributed by atoms with Crippen molar-refractivity contribution in [1.82, 2.24) is 3.97 Å². The van der Waals surface area contributed by atoms with E-state index in [0.717, 1.165) is 14.5 Å². The van der Waals surface area contributed by atoms with Crippen LogP contribution in [0, 0.1) is 10.1 Å². The van der Waals surface area contributed by atoms with Gasteiger partial charge >= 0.3 is 0 Å². The molecule has 130 valence electrons. The average Bonchev–Trinajstić information content (AvgIpc) is 2.93. The van der Waals surface area contributed by atoms with Gasteiger partial charge < -0.3 is 5.11 Å². The number of benzene rings is 2. The first-order chi connectivity index (χ1) is 11.8. The maximum Gasteiger partial charge on any atom is 0.289 e. The van der Waals surface area contributed by atoms with E-state index in [9.17, 15) is 23.6 Å². The Labute approximate surface area is 155 Å². The summed E-state index contributed by atoms with van der Waals surface area (Å²) in [6.45, 7) is -0.351. The summed E-state index contributed by atoms with van der Waals surface area (Å²) in [5.41, 5.74) is 0.275. The van der Waals surface area contributed by atoms with Crippen molar-refractivity contribution >= 4 is 54.1 Å². The van der Waals surface area contributed by atoms with E-state index in [1.54, 1.807) is 18.2 Å². The van der Waals surface area contributed by atoms with Gasteiger partial charge in [-0.05, 0) is 30.3 Å². The van der Waals surface area contributed by atoms with Gasteiger partial charge in [0.25, 0.3) is 15.7 Å². The quantitative estimate of drug-likeness (QED) is 0.487. The average molecular weight is 446 g/mol. The highest BCUT2D eigenvalue weighted by molar-refractivity contribution is 9.10. The minimum atomic E-state index is -4.11. The molecule has 0 saturated heterocycles. The van der Waals surface area contributed by atoms with Crippen LogP contribution in [0.5, 0.6) is 0 Å². The maximum absolute atomic E-state index is 13.0. The standard InChI is InChI=1S/C15H10BrClN2O5S/c16-10-1-4-14-12(5-10)9(8-20)7-18(14)25(23,24)11-2-3-13(17)15(6-11)19(21)22/h1-7,20H,8H2. The van der Waals surface area contributed by atoms with E-state index in [1.165, 1.54) is 18.3 Å². The van der Waals surface area contributed by atoms with Gasteiger partial charge in [0.05, 0.1) is 21.9 Å². The number of fused-ring (bicyclic) bond motifs is 1. The largest absolute Gasteiger partial charge is 0.392 e. The first-order valence-corrected chi connectivity index (χ1v) is 9.46. The van der Waals surface area contributed by atoms with Gasteiger partial charge in [0.15, 0.2) is 0 Å². The molecule has 10 heteroatoms. The van der Waals surface area contributed by atoms with Crippen LogP contribution in [-0.2, 0) is 16.6 Å². The number of halogens is 2. The number of aromatic nitrogens is 1. The van der Waals surface area contributed by atoms with Crippen LogP contribution in [0.4, 0.5) is 5.69 Å². The lowest BCUT2D eigenvalue weighted by Crippen LogP contribution is -2.12. The van der Waals surface area contributed by atoms with Gasteiger partial charge in [-0.15, -0.1) is 0 Å². The molecular formula is C15H10BrClN2O5S. The lowest BCUT2D eigenvalue weighted by Gasteiger charge is -2.08. The molecule has 7 nitrogen and oxygen atoms in total. The molecule has 1 aromatic heterocycles. The van der Waals surface area contributed by atoms with Gasteiger partial charge in [0, 0.05) is 27.7 Å². The van der Waals surface area contributed by atoms with E-state index in [4.69, 9.17) is 11.6 Å². The fraction of sp³-hybridized carbons (Fsp3) is 0.0667. The molecule has 0 aliphatic rings. The van der Waals surface area contributed by atoms with Crippen LogP contribution in [0.3, 0.4) is 0 Å². The van der Waals surface area contributed by atoms with Crippen LogP contribution in [-0.4, -0.2) is 22.4 Å². The number of nitrogens with zero attached hydrogens (tertiary/aromatic N) is 2. The van der Waals surface area contributed by atoms with E-state index in [2.05, 4.69) is 15.9 Å². The molecule has 0 radical (unpaired) electrons. The normalized spacial score (nSPS) is 11.8. The minimum Gasteiger partial charge on any atom is -0.392 e. The molecular weight excluding hydrogens is 436 g/mol. The van der Waals surface area contributed by atoms with Crippen LogP contribution in [0.1, 0.15) is 5.56 Å². The summed E-state index contributed by atoms with van der Waals surface area (Å²) >= 11 is 9.05. The number of nitro groups is 1. The molecule has 0 aliphatic heterocycles. The third-order valence-electron chi connectivity index (χ3n) is 3.66. The van der Waals surface area contributed by atoms with Crippen LogP contribution in [0.2, 0.25) is 5.02 Å². The van der Waals surface area contributed by atoms with Crippen LogP contribution >= 0.6 is 27.5 Å². The minimum absolute atomic E-state index is 0.152. The molecule has 1 heterocycles. The molecule has 0 aliphatic carbocycles. The molecule has 1 N–H and O–H groups in total. The molecule has 0 amide bonds. The second-order valence-electron chi connectivity index (χ2n) is 5.15. The molecule has 25 heavy (non-hydrogen) atoms. The van der Waals surface area contributed by atoms with Crippen molar-refractivity contribution in [3.8, 4) is 0 Å². The molecule has 0 spiro atoms. The van der Waals surface area contributed by atoms with E-state index in [-0.39, 0.29) is 16.5 Å². The molecule has 0 unspecified atom stereocenters. The zero-order valence-electron chi connectivity index (χ0n) is 12.4. The number of hydrogen-bond acceptors (Lipinski definition) is 5. The van der Waals surface area contributed by atoms with Crippen molar-refractivity contribution in [2.45, 2.75) is 11.5 Å². The Kier molecular flexibility index (Phi) is 4.58. The van der Waals surface area contributed by atoms with Gasteiger partial charge in [-0.2, -0.15) is 0 Å². The monoisotopic (exact) mass is 444 g/mol. The highest BCUT2D eigenvalue weighted by atomic mass is 79.9. The number of hydrogen-bond donors (Lipinski definition) is 1. The Morgan fingerprint density at radius 2 is 1.96 bits per heavy atom. The zero-order chi connectivity index (χ0) is 18.4. The number of aliphatic hydroxyl groups is 1. The van der Waals surface area contributed by atoms with Gasteiger partial charge in [0.2, 0.25) is 0 Å². The Bertz CT molecular complexity index is 1110. The predicted octanol–water partition coefficient (Wildman–Crippen LogP) is 3.69. The van der Waals surface area contributed by atoms with E-state index >= 15 is 0 Å². The SMILES string of the molecule is O=[N+]([O-])c1cc(S(=O)(=O)n2cc(CO)c3cc(Br)ccc32)ccc1Cl. The van der Waals surface area contributed by atoms with Gasteiger partial charge in [-0.3, -0.25) is 10.1 Å². The molecule has 0 atom stereocenters. The summed E-state index contributed by atoms with van der Waals surface area (Å²) in [5, 5.41) is 20.9. The number of nitro benzene ring substituents is 1. The van der Waals surface area contributed by atoms with E-state index in [0.29, 0.717) is 16.5 Å². The van der Waals surface area contributed by atoms with Crippen LogP contribution in [0.15, 0.2) is 52.0 Å². The van der Waals surface area contributed by atoms with Crippen molar-refractivity contribution in [2.24, 2.45) is 0 Å². The second-order valence-corrected chi connectivity index (χ2v) is 8.28. The van der Waals surface area contributed by atoms with E-state index < -0.39 is 20.6 Å². The van der Waals surface area contributed by atoms with Gasteiger partial charge in [-0.25, -0.2) is 12.4 Å². The third-order valence-corrected chi connectivity index (χ3v) is 6.14. The second kappa shape index (κ2) is 6.41. The fourth-order valence-corrected chi connectivity index (χ4v) is 4.43. The van der Waals surface area contributed by atoms with Crippen molar-refractivity contribution < 1.29 is 18.4 Å². The van der Waals surface area contributed by atoms with Crippen molar-refractivity contribution in [2.75, 3.05) is 0 Å². The smallest absolute Gasteiger partial charge is 0.289 e. The van der Waals surface area contributed by atoms with Gasteiger partial charge in [-0.1, -0.05) is 27.5 Å². The Balaban J connectivity index is 2.27. The van der Waals surface area contributed by atoms with E-state index in [1.807, 2.05) is 0 Å². The van der Waals surface area contributed by atoms with Crippen LogP contribution in [0.25, 0.3) is 10.9 Å². The zero-order valence-corrected chi connectivity index (χ0v) is 15.5. The first kappa shape index (κ1) is 17.9. The lowest BCUT2D eigenvalue weighted by molar-refractivity contribution is -0.384. The van der Waals surface area contributed by atoms with Crippen molar-refractivity contribution in [3.63, 3.8) is 0 Å².